The van der Waals surface area contributed by atoms with Crippen LogP contribution in [0.2, 0.25) is 0 Å². The number of hydrogen-bond donors (Lipinski definition) is 1. The first kappa shape index (κ1) is 11.0. The SMILES string of the molecule is CCC1O[C@H](OC)C(C)[C@@H](O)[C@@H]1C. The molecule has 0 bridgehead atoms. The summed E-state index contributed by atoms with van der Waals surface area (Å²) in [5.74, 6) is 0.259. The predicted octanol–water partition coefficient (Wildman–Crippen LogP) is 1.40. The highest BCUT2D eigenvalue weighted by molar-refractivity contribution is 4.83. The Balaban J connectivity index is 2.66. The van der Waals surface area contributed by atoms with Crippen LogP contribution >= 0.6 is 0 Å². The van der Waals surface area contributed by atoms with Crippen LogP contribution < -0.4 is 0 Å². The van der Waals surface area contributed by atoms with Crippen LogP contribution in [0.4, 0.5) is 0 Å². The first-order valence-electron chi connectivity index (χ1n) is 4.98. The number of ether oxygens (including phenoxy) is 2. The monoisotopic (exact) mass is 188 g/mol. The molecule has 1 fully saturated rings. The molecule has 1 aliphatic rings. The lowest BCUT2D eigenvalue weighted by Crippen LogP contribution is -2.49. The van der Waals surface area contributed by atoms with E-state index in [9.17, 15) is 5.11 Å². The van der Waals surface area contributed by atoms with E-state index in [1.165, 1.54) is 0 Å². The maximum atomic E-state index is 9.89. The summed E-state index contributed by atoms with van der Waals surface area (Å²) in [4.78, 5) is 0. The van der Waals surface area contributed by atoms with Gasteiger partial charge in [-0.15, -0.1) is 0 Å². The van der Waals surface area contributed by atoms with Gasteiger partial charge in [0.05, 0.1) is 12.2 Å². The van der Waals surface area contributed by atoms with Gasteiger partial charge in [0.25, 0.3) is 0 Å². The number of methoxy groups -OCH3 is 1. The molecule has 0 aromatic heterocycles. The smallest absolute Gasteiger partial charge is 0.162 e. The minimum atomic E-state index is -0.316. The molecule has 0 saturated carbocycles. The Morgan fingerprint density at radius 2 is 1.92 bits per heavy atom. The maximum absolute atomic E-state index is 9.89. The second kappa shape index (κ2) is 4.40. The fourth-order valence-electron chi connectivity index (χ4n) is 2.02. The van der Waals surface area contributed by atoms with E-state index in [4.69, 9.17) is 9.47 Å². The molecule has 0 aromatic rings. The van der Waals surface area contributed by atoms with Crippen molar-refractivity contribution in [2.45, 2.75) is 45.7 Å². The van der Waals surface area contributed by atoms with Crippen LogP contribution in [0.25, 0.3) is 0 Å². The van der Waals surface area contributed by atoms with Crippen LogP contribution in [0.1, 0.15) is 27.2 Å². The van der Waals surface area contributed by atoms with E-state index >= 15 is 0 Å². The largest absolute Gasteiger partial charge is 0.392 e. The molecule has 0 spiro atoms. The Hall–Kier alpha value is -0.120. The second-order valence-electron chi connectivity index (χ2n) is 3.90. The molecule has 0 amide bonds. The summed E-state index contributed by atoms with van der Waals surface area (Å²) in [5.41, 5.74) is 0. The number of aliphatic hydroxyl groups excluding tert-OH is 1. The van der Waals surface area contributed by atoms with Crippen LogP contribution in [0.3, 0.4) is 0 Å². The van der Waals surface area contributed by atoms with Gasteiger partial charge in [-0.2, -0.15) is 0 Å². The Morgan fingerprint density at radius 3 is 2.38 bits per heavy atom. The number of hydrogen-bond acceptors (Lipinski definition) is 3. The Morgan fingerprint density at radius 1 is 1.31 bits per heavy atom. The zero-order chi connectivity index (χ0) is 10.0. The van der Waals surface area contributed by atoms with E-state index in [2.05, 4.69) is 6.92 Å². The van der Waals surface area contributed by atoms with Gasteiger partial charge < -0.3 is 14.6 Å². The van der Waals surface area contributed by atoms with Gasteiger partial charge in [0, 0.05) is 18.9 Å². The van der Waals surface area contributed by atoms with Crippen molar-refractivity contribution < 1.29 is 14.6 Å². The summed E-state index contributed by atoms with van der Waals surface area (Å²) in [6.07, 6.45) is 0.473. The highest BCUT2D eigenvalue weighted by Crippen LogP contribution is 2.31. The van der Waals surface area contributed by atoms with Crippen LogP contribution in [-0.4, -0.2) is 30.7 Å². The highest BCUT2D eigenvalue weighted by atomic mass is 16.7. The van der Waals surface area contributed by atoms with Gasteiger partial charge >= 0.3 is 0 Å². The van der Waals surface area contributed by atoms with E-state index in [0.29, 0.717) is 0 Å². The first-order valence-corrected chi connectivity index (χ1v) is 4.98. The third-order valence-electron chi connectivity index (χ3n) is 3.04. The van der Waals surface area contributed by atoms with Crippen LogP contribution in [0, 0.1) is 11.8 Å². The zero-order valence-corrected chi connectivity index (χ0v) is 8.86. The molecule has 0 aromatic carbocycles. The molecule has 3 heteroatoms. The predicted molar refractivity (Wildman–Crippen MR) is 50.3 cm³/mol. The molecule has 2 unspecified atom stereocenters. The second-order valence-corrected chi connectivity index (χ2v) is 3.90. The van der Waals surface area contributed by atoms with Gasteiger partial charge in [-0.05, 0) is 6.42 Å². The van der Waals surface area contributed by atoms with Crippen LogP contribution in [-0.2, 0) is 9.47 Å². The Bertz CT molecular complexity index is 140. The minimum absolute atomic E-state index is 0.0581. The zero-order valence-electron chi connectivity index (χ0n) is 8.86. The van der Waals surface area contributed by atoms with E-state index in [-0.39, 0.29) is 30.3 Å². The van der Waals surface area contributed by atoms with Crippen molar-refractivity contribution in [3.63, 3.8) is 0 Å². The molecule has 78 valence electrons. The van der Waals surface area contributed by atoms with Gasteiger partial charge in [-0.3, -0.25) is 0 Å². The average Bonchev–Trinajstić information content (AvgIpc) is 2.15. The van der Waals surface area contributed by atoms with Gasteiger partial charge in [0.1, 0.15) is 0 Å². The van der Waals surface area contributed by atoms with Gasteiger partial charge in [0.15, 0.2) is 6.29 Å². The lowest BCUT2D eigenvalue weighted by molar-refractivity contribution is -0.252. The van der Waals surface area contributed by atoms with Crippen LogP contribution in [0.5, 0.6) is 0 Å². The fourth-order valence-corrected chi connectivity index (χ4v) is 2.02. The normalized spacial score (nSPS) is 46.4. The summed E-state index contributed by atoms with van der Waals surface area (Å²) in [7, 11) is 1.62. The summed E-state index contributed by atoms with van der Waals surface area (Å²) in [6, 6.07) is 0. The first-order chi connectivity index (χ1) is 6.11. The standard InChI is InChI=1S/C10H20O3/c1-5-8-6(2)9(11)7(3)10(12-4)13-8/h6-11H,5H2,1-4H3/t6-,7?,8?,9+,10+/m1/s1. The third-order valence-corrected chi connectivity index (χ3v) is 3.04. The molecule has 1 heterocycles. The summed E-state index contributed by atoms with van der Waals surface area (Å²) < 4.78 is 10.9. The molecule has 1 N–H and O–H groups in total. The van der Waals surface area contributed by atoms with E-state index < -0.39 is 0 Å². The lowest BCUT2D eigenvalue weighted by atomic mass is 9.85. The average molecular weight is 188 g/mol. The summed E-state index contributed by atoms with van der Waals surface area (Å²) in [5, 5.41) is 9.89. The molecule has 1 saturated heterocycles. The third kappa shape index (κ3) is 2.03. The lowest BCUT2D eigenvalue weighted by Gasteiger charge is -2.41. The van der Waals surface area contributed by atoms with Crippen LogP contribution in [0.15, 0.2) is 0 Å². The molecule has 1 rings (SSSR count). The van der Waals surface area contributed by atoms with Crippen molar-refractivity contribution in [2.75, 3.05) is 7.11 Å². The van der Waals surface area contributed by atoms with E-state index in [1.807, 2.05) is 13.8 Å². The maximum Gasteiger partial charge on any atom is 0.162 e. The van der Waals surface area contributed by atoms with Crippen molar-refractivity contribution >= 4 is 0 Å². The molecule has 0 aliphatic carbocycles. The number of aliphatic hydroxyl groups is 1. The molecule has 3 nitrogen and oxygen atoms in total. The molecule has 1 aliphatic heterocycles. The van der Waals surface area contributed by atoms with Gasteiger partial charge in [-0.25, -0.2) is 0 Å². The van der Waals surface area contributed by atoms with Gasteiger partial charge in [-0.1, -0.05) is 20.8 Å². The summed E-state index contributed by atoms with van der Waals surface area (Å²) >= 11 is 0. The van der Waals surface area contributed by atoms with Crippen molar-refractivity contribution in [3.8, 4) is 0 Å². The minimum Gasteiger partial charge on any atom is -0.392 e. The Labute approximate surface area is 80.0 Å². The fraction of sp³-hybridized carbons (Fsp3) is 1.00. The quantitative estimate of drug-likeness (QED) is 0.712. The van der Waals surface area contributed by atoms with Crippen molar-refractivity contribution in [2.24, 2.45) is 11.8 Å². The van der Waals surface area contributed by atoms with E-state index in [0.717, 1.165) is 6.42 Å². The molecular weight excluding hydrogens is 168 g/mol. The Kier molecular flexibility index (Phi) is 3.71. The van der Waals surface area contributed by atoms with Gasteiger partial charge in [0.2, 0.25) is 0 Å². The van der Waals surface area contributed by atoms with E-state index in [1.54, 1.807) is 7.11 Å². The van der Waals surface area contributed by atoms with Crippen molar-refractivity contribution in [3.05, 3.63) is 0 Å². The topological polar surface area (TPSA) is 38.7 Å². The van der Waals surface area contributed by atoms with Crippen molar-refractivity contribution in [1.82, 2.24) is 0 Å². The number of rotatable bonds is 2. The molecule has 13 heavy (non-hydrogen) atoms. The highest BCUT2D eigenvalue weighted by Gasteiger charge is 2.39. The molecular formula is C10H20O3. The summed E-state index contributed by atoms with van der Waals surface area (Å²) in [6.45, 7) is 6.05. The molecule has 0 radical (unpaired) electrons. The molecule has 5 atom stereocenters. The van der Waals surface area contributed by atoms with Crippen molar-refractivity contribution in [1.29, 1.82) is 0 Å².